The number of pyridine rings is 1. The summed E-state index contributed by atoms with van der Waals surface area (Å²) in [6.45, 7) is 3.75. The standard InChI is InChI=1S/C16H21N3O/c1-4-17-16-11-13(9-10-18-16)12-19(2)14-7-5-6-8-15(14)20-3/h5-11H,4,12H2,1-3H3,(H,17,18). The van der Waals surface area contributed by atoms with Gasteiger partial charge in [0.05, 0.1) is 12.8 Å². The first-order valence-corrected chi connectivity index (χ1v) is 6.77. The Hall–Kier alpha value is -2.23. The van der Waals surface area contributed by atoms with Crippen LogP contribution >= 0.6 is 0 Å². The zero-order valence-electron chi connectivity index (χ0n) is 12.3. The van der Waals surface area contributed by atoms with Crippen molar-refractivity contribution >= 4 is 11.5 Å². The van der Waals surface area contributed by atoms with Gasteiger partial charge in [0.1, 0.15) is 11.6 Å². The van der Waals surface area contributed by atoms with Gasteiger partial charge < -0.3 is 15.0 Å². The molecule has 2 rings (SSSR count). The van der Waals surface area contributed by atoms with Crippen molar-refractivity contribution in [2.75, 3.05) is 30.9 Å². The minimum Gasteiger partial charge on any atom is -0.495 e. The van der Waals surface area contributed by atoms with E-state index in [1.54, 1.807) is 7.11 Å². The average Bonchev–Trinajstić information content (AvgIpc) is 2.48. The molecular weight excluding hydrogens is 250 g/mol. The van der Waals surface area contributed by atoms with Crippen molar-refractivity contribution in [3.8, 4) is 5.75 Å². The van der Waals surface area contributed by atoms with Crippen molar-refractivity contribution in [3.05, 3.63) is 48.2 Å². The van der Waals surface area contributed by atoms with Crippen molar-refractivity contribution < 1.29 is 4.74 Å². The molecular formula is C16H21N3O. The van der Waals surface area contributed by atoms with E-state index < -0.39 is 0 Å². The molecule has 1 aromatic carbocycles. The Morgan fingerprint density at radius 1 is 1.25 bits per heavy atom. The lowest BCUT2D eigenvalue weighted by atomic mass is 10.2. The Kier molecular flexibility index (Phi) is 4.82. The van der Waals surface area contributed by atoms with Crippen molar-refractivity contribution in [2.45, 2.75) is 13.5 Å². The first kappa shape index (κ1) is 14.2. The highest BCUT2D eigenvalue weighted by Crippen LogP contribution is 2.27. The van der Waals surface area contributed by atoms with E-state index in [0.717, 1.165) is 30.3 Å². The molecule has 4 nitrogen and oxygen atoms in total. The fraction of sp³-hybridized carbons (Fsp3) is 0.312. The molecule has 4 heteroatoms. The number of rotatable bonds is 6. The van der Waals surface area contributed by atoms with E-state index in [2.05, 4.69) is 41.3 Å². The third-order valence-electron chi connectivity index (χ3n) is 3.10. The predicted octanol–water partition coefficient (Wildman–Crippen LogP) is 3.16. The molecule has 2 aromatic rings. The van der Waals surface area contributed by atoms with E-state index in [9.17, 15) is 0 Å². The number of aromatic nitrogens is 1. The molecule has 0 amide bonds. The molecule has 0 aliphatic carbocycles. The number of para-hydroxylation sites is 2. The van der Waals surface area contributed by atoms with E-state index in [1.165, 1.54) is 5.56 Å². The summed E-state index contributed by atoms with van der Waals surface area (Å²) >= 11 is 0. The average molecular weight is 271 g/mol. The summed E-state index contributed by atoms with van der Waals surface area (Å²) in [7, 11) is 3.76. The number of benzene rings is 1. The topological polar surface area (TPSA) is 37.4 Å². The molecule has 0 bridgehead atoms. The molecule has 0 atom stereocenters. The molecule has 0 saturated carbocycles. The normalized spacial score (nSPS) is 10.2. The molecule has 20 heavy (non-hydrogen) atoms. The molecule has 0 fully saturated rings. The summed E-state index contributed by atoms with van der Waals surface area (Å²) in [5, 5.41) is 3.23. The van der Waals surface area contributed by atoms with Gasteiger partial charge in [0, 0.05) is 26.3 Å². The summed E-state index contributed by atoms with van der Waals surface area (Å²) in [5.74, 6) is 1.80. The molecule has 0 aliphatic heterocycles. The molecule has 1 N–H and O–H groups in total. The summed E-state index contributed by atoms with van der Waals surface area (Å²) in [4.78, 5) is 6.46. The highest BCUT2D eigenvalue weighted by atomic mass is 16.5. The number of anilines is 2. The Balaban J connectivity index is 2.14. The smallest absolute Gasteiger partial charge is 0.142 e. The number of methoxy groups -OCH3 is 1. The zero-order valence-corrected chi connectivity index (χ0v) is 12.3. The van der Waals surface area contributed by atoms with Gasteiger partial charge in [-0.3, -0.25) is 0 Å². The summed E-state index contributed by atoms with van der Waals surface area (Å²) in [6, 6.07) is 12.1. The number of ether oxygens (including phenoxy) is 1. The van der Waals surface area contributed by atoms with Crippen molar-refractivity contribution in [1.82, 2.24) is 4.98 Å². The van der Waals surface area contributed by atoms with E-state index in [-0.39, 0.29) is 0 Å². The lowest BCUT2D eigenvalue weighted by Crippen LogP contribution is -2.17. The maximum atomic E-state index is 5.40. The lowest BCUT2D eigenvalue weighted by molar-refractivity contribution is 0.415. The predicted molar refractivity (Wildman–Crippen MR) is 83.5 cm³/mol. The van der Waals surface area contributed by atoms with Crippen molar-refractivity contribution in [1.29, 1.82) is 0 Å². The Labute approximate surface area is 120 Å². The van der Waals surface area contributed by atoms with E-state index in [0.29, 0.717) is 0 Å². The van der Waals surface area contributed by atoms with E-state index in [1.807, 2.05) is 30.5 Å². The molecule has 1 aromatic heterocycles. The van der Waals surface area contributed by atoms with Gasteiger partial charge in [0.2, 0.25) is 0 Å². The molecule has 0 spiro atoms. The minimum atomic E-state index is 0.807. The maximum absolute atomic E-state index is 5.40. The number of hydrogen-bond donors (Lipinski definition) is 1. The lowest BCUT2D eigenvalue weighted by Gasteiger charge is -2.22. The monoisotopic (exact) mass is 271 g/mol. The van der Waals surface area contributed by atoms with Crippen LogP contribution in [0.5, 0.6) is 5.75 Å². The molecule has 0 radical (unpaired) electrons. The summed E-state index contributed by atoms with van der Waals surface area (Å²) < 4.78 is 5.40. The number of hydrogen-bond acceptors (Lipinski definition) is 4. The fourth-order valence-corrected chi connectivity index (χ4v) is 2.15. The first-order valence-electron chi connectivity index (χ1n) is 6.77. The zero-order chi connectivity index (χ0) is 14.4. The van der Waals surface area contributed by atoms with Gasteiger partial charge in [-0.25, -0.2) is 4.98 Å². The third kappa shape index (κ3) is 3.41. The largest absolute Gasteiger partial charge is 0.495 e. The van der Waals surface area contributed by atoms with Gasteiger partial charge in [-0.1, -0.05) is 12.1 Å². The highest BCUT2D eigenvalue weighted by Gasteiger charge is 2.08. The quantitative estimate of drug-likeness (QED) is 0.875. The Morgan fingerprint density at radius 2 is 2.05 bits per heavy atom. The van der Waals surface area contributed by atoms with Gasteiger partial charge in [0.25, 0.3) is 0 Å². The second-order valence-electron chi connectivity index (χ2n) is 4.61. The van der Waals surface area contributed by atoms with Crippen LogP contribution in [0.25, 0.3) is 0 Å². The van der Waals surface area contributed by atoms with Crippen LogP contribution in [0, 0.1) is 0 Å². The van der Waals surface area contributed by atoms with Crippen molar-refractivity contribution in [3.63, 3.8) is 0 Å². The fourth-order valence-electron chi connectivity index (χ4n) is 2.15. The van der Waals surface area contributed by atoms with Crippen LogP contribution in [0.4, 0.5) is 11.5 Å². The summed E-state index contributed by atoms with van der Waals surface area (Å²) in [6.07, 6.45) is 1.84. The second kappa shape index (κ2) is 6.80. The number of nitrogens with one attached hydrogen (secondary N) is 1. The SMILES string of the molecule is CCNc1cc(CN(C)c2ccccc2OC)ccn1. The second-order valence-corrected chi connectivity index (χ2v) is 4.61. The van der Waals surface area contributed by atoms with Gasteiger partial charge in [-0.15, -0.1) is 0 Å². The van der Waals surface area contributed by atoms with Crippen LogP contribution in [-0.4, -0.2) is 25.7 Å². The first-order chi connectivity index (χ1) is 9.74. The number of nitrogens with zero attached hydrogens (tertiary/aromatic N) is 2. The van der Waals surface area contributed by atoms with Crippen LogP contribution in [0.2, 0.25) is 0 Å². The Bertz CT molecular complexity index is 557. The van der Waals surface area contributed by atoms with Gasteiger partial charge >= 0.3 is 0 Å². The molecule has 0 unspecified atom stereocenters. The van der Waals surface area contributed by atoms with Crippen LogP contribution in [0.3, 0.4) is 0 Å². The molecule has 0 aliphatic rings. The summed E-state index contributed by atoms with van der Waals surface area (Å²) in [5.41, 5.74) is 2.29. The minimum absolute atomic E-state index is 0.807. The highest BCUT2D eigenvalue weighted by molar-refractivity contribution is 5.58. The van der Waals surface area contributed by atoms with Gasteiger partial charge in [-0.05, 0) is 36.8 Å². The van der Waals surface area contributed by atoms with Gasteiger partial charge in [-0.2, -0.15) is 0 Å². The molecule has 106 valence electrons. The maximum Gasteiger partial charge on any atom is 0.142 e. The Morgan fingerprint density at radius 3 is 2.80 bits per heavy atom. The van der Waals surface area contributed by atoms with Crippen LogP contribution in [0.15, 0.2) is 42.6 Å². The van der Waals surface area contributed by atoms with E-state index in [4.69, 9.17) is 4.74 Å². The van der Waals surface area contributed by atoms with Gasteiger partial charge in [0.15, 0.2) is 0 Å². The molecule has 0 saturated heterocycles. The van der Waals surface area contributed by atoms with E-state index >= 15 is 0 Å². The van der Waals surface area contributed by atoms with Crippen LogP contribution < -0.4 is 15.0 Å². The van der Waals surface area contributed by atoms with Crippen LogP contribution in [0.1, 0.15) is 12.5 Å². The third-order valence-corrected chi connectivity index (χ3v) is 3.10. The molecule has 1 heterocycles. The van der Waals surface area contributed by atoms with Crippen molar-refractivity contribution in [2.24, 2.45) is 0 Å². The van der Waals surface area contributed by atoms with Crippen LogP contribution in [-0.2, 0) is 6.54 Å².